The van der Waals surface area contributed by atoms with Crippen molar-refractivity contribution in [1.29, 1.82) is 0 Å². The highest BCUT2D eigenvalue weighted by Gasteiger charge is 2.47. The Bertz CT molecular complexity index is 932. The van der Waals surface area contributed by atoms with Crippen LogP contribution >= 0.6 is 0 Å². The number of imide groups is 1. The quantitative estimate of drug-likeness (QED) is 0.851. The molecule has 2 aromatic rings. The van der Waals surface area contributed by atoms with Crippen molar-refractivity contribution in [2.75, 3.05) is 13.1 Å². The van der Waals surface area contributed by atoms with Gasteiger partial charge < -0.3 is 9.80 Å². The van der Waals surface area contributed by atoms with E-state index >= 15 is 0 Å². The van der Waals surface area contributed by atoms with Gasteiger partial charge in [0.05, 0.1) is 6.04 Å². The average molecular weight is 365 g/mol. The topological polar surface area (TPSA) is 69.7 Å². The highest BCUT2D eigenvalue weighted by Crippen LogP contribution is 2.36. The van der Waals surface area contributed by atoms with Gasteiger partial charge in [-0.15, -0.1) is 0 Å². The number of fused-ring (bicyclic) bond motifs is 1. The Morgan fingerprint density at radius 3 is 2.63 bits per heavy atom. The van der Waals surface area contributed by atoms with Gasteiger partial charge in [0, 0.05) is 6.54 Å². The van der Waals surface area contributed by atoms with Crippen LogP contribution in [0.1, 0.15) is 38.3 Å². The summed E-state index contributed by atoms with van der Waals surface area (Å²) in [5, 5.41) is 4.60. The minimum Gasteiger partial charge on any atom is -0.334 e. The molecule has 1 atom stereocenters. The maximum atomic E-state index is 13.1. The Kier molecular flexibility index (Phi) is 4.13. The second-order valence-electron chi connectivity index (χ2n) is 7.72. The van der Waals surface area contributed by atoms with Gasteiger partial charge in [-0.2, -0.15) is 0 Å². The molecule has 0 spiro atoms. The minimum atomic E-state index is -1.01. The fourth-order valence-electron chi connectivity index (χ4n) is 4.12. The normalized spacial score (nSPS) is 21.8. The molecule has 1 N–H and O–H groups in total. The van der Waals surface area contributed by atoms with Gasteiger partial charge >= 0.3 is 6.03 Å². The first kappa shape index (κ1) is 17.5. The fraction of sp³-hybridized carbons (Fsp3) is 0.381. The van der Waals surface area contributed by atoms with Gasteiger partial charge in [0.2, 0.25) is 5.91 Å². The Morgan fingerprint density at radius 2 is 1.89 bits per heavy atom. The Balaban J connectivity index is 1.61. The molecule has 0 bridgehead atoms. The number of amides is 4. The maximum absolute atomic E-state index is 13.1. The van der Waals surface area contributed by atoms with Crippen LogP contribution in [0.2, 0.25) is 0 Å². The summed E-state index contributed by atoms with van der Waals surface area (Å²) in [6, 6.07) is 13.8. The van der Waals surface area contributed by atoms with Crippen LogP contribution in [0.15, 0.2) is 42.5 Å². The lowest BCUT2D eigenvalue weighted by atomic mass is 9.97. The number of carbonyl (C=O) groups is 3. The molecule has 0 aliphatic carbocycles. The summed E-state index contributed by atoms with van der Waals surface area (Å²) >= 11 is 0. The van der Waals surface area contributed by atoms with E-state index in [4.69, 9.17) is 0 Å². The van der Waals surface area contributed by atoms with Gasteiger partial charge in [0.15, 0.2) is 0 Å². The molecule has 0 radical (unpaired) electrons. The molecule has 140 valence electrons. The van der Waals surface area contributed by atoms with Crippen LogP contribution in [0.25, 0.3) is 10.8 Å². The molecule has 2 aliphatic heterocycles. The van der Waals surface area contributed by atoms with E-state index in [1.54, 1.807) is 13.8 Å². The molecule has 0 aromatic heterocycles. The summed E-state index contributed by atoms with van der Waals surface area (Å²) in [6.07, 6.45) is 1.82. The monoisotopic (exact) mass is 365 g/mol. The van der Waals surface area contributed by atoms with E-state index in [2.05, 4.69) is 29.6 Å². The predicted octanol–water partition coefficient (Wildman–Crippen LogP) is 2.83. The van der Waals surface area contributed by atoms with Gasteiger partial charge in [-0.05, 0) is 43.0 Å². The molecular weight excluding hydrogens is 342 g/mol. The molecule has 6 heteroatoms. The zero-order chi connectivity index (χ0) is 19.2. The first-order valence-electron chi connectivity index (χ1n) is 9.30. The molecule has 1 unspecified atom stereocenters. The second-order valence-corrected chi connectivity index (χ2v) is 7.72. The summed E-state index contributed by atoms with van der Waals surface area (Å²) in [5.74, 6) is -0.490. The SMILES string of the molecule is CC1(C)C(=O)NC(=O)N1CC(=O)N1CCCC1c1cccc2ccccc12. The maximum Gasteiger partial charge on any atom is 0.325 e. The lowest BCUT2D eigenvalue weighted by molar-refractivity contribution is -0.134. The van der Waals surface area contributed by atoms with Crippen molar-refractivity contribution in [3.8, 4) is 0 Å². The van der Waals surface area contributed by atoms with Crippen molar-refractivity contribution in [2.45, 2.75) is 38.3 Å². The minimum absolute atomic E-state index is 0.00641. The molecule has 2 aliphatic rings. The average Bonchev–Trinajstić information content (AvgIpc) is 3.20. The molecule has 2 heterocycles. The molecule has 0 saturated carbocycles. The predicted molar refractivity (Wildman–Crippen MR) is 102 cm³/mol. The van der Waals surface area contributed by atoms with Gasteiger partial charge in [-0.25, -0.2) is 4.79 Å². The lowest BCUT2D eigenvalue weighted by Crippen LogP contribution is -2.49. The fourth-order valence-corrected chi connectivity index (χ4v) is 4.12. The van der Waals surface area contributed by atoms with Gasteiger partial charge in [0.1, 0.15) is 12.1 Å². The van der Waals surface area contributed by atoms with E-state index in [9.17, 15) is 14.4 Å². The molecule has 4 amide bonds. The number of urea groups is 1. The molecule has 2 saturated heterocycles. The van der Waals surface area contributed by atoms with Crippen LogP contribution < -0.4 is 5.32 Å². The number of rotatable bonds is 3. The third-order valence-electron chi connectivity index (χ3n) is 5.74. The lowest BCUT2D eigenvalue weighted by Gasteiger charge is -2.31. The molecule has 4 rings (SSSR count). The van der Waals surface area contributed by atoms with Crippen molar-refractivity contribution in [1.82, 2.24) is 15.1 Å². The zero-order valence-corrected chi connectivity index (χ0v) is 15.6. The standard InChI is InChI=1S/C21H23N3O3/c1-21(2)19(26)22-20(27)24(21)13-18(25)23-12-6-11-17(23)16-10-5-8-14-7-3-4-9-15(14)16/h3-5,7-10,17H,6,11-13H2,1-2H3,(H,22,26,27). The Labute approximate surface area is 158 Å². The highest BCUT2D eigenvalue weighted by atomic mass is 16.2. The van der Waals surface area contributed by atoms with Crippen molar-refractivity contribution in [2.24, 2.45) is 0 Å². The summed E-state index contributed by atoms with van der Waals surface area (Å²) < 4.78 is 0. The van der Waals surface area contributed by atoms with Crippen LogP contribution in [0.5, 0.6) is 0 Å². The number of carbonyl (C=O) groups excluding carboxylic acids is 3. The molecular formula is C21H23N3O3. The number of nitrogens with one attached hydrogen (secondary N) is 1. The number of hydrogen-bond acceptors (Lipinski definition) is 3. The summed E-state index contributed by atoms with van der Waals surface area (Å²) in [4.78, 5) is 40.3. The van der Waals surface area contributed by atoms with Crippen LogP contribution in [0.3, 0.4) is 0 Å². The first-order chi connectivity index (χ1) is 12.9. The number of benzene rings is 2. The zero-order valence-electron chi connectivity index (χ0n) is 15.6. The molecule has 2 aromatic carbocycles. The number of nitrogens with zero attached hydrogens (tertiary/aromatic N) is 2. The number of likely N-dealkylation sites (tertiary alicyclic amines) is 1. The smallest absolute Gasteiger partial charge is 0.325 e. The van der Waals surface area contributed by atoms with E-state index in [1.165, 1.54) is 4.90 Å². The Morgan fingerprint density at radius 1 is 1.15 bits per heavy atom. The first-order valence-corrected chi connectivity index (χ1v) is 9.30. The summed E-state index contributed by atoms with van der Waals surface area (Å²) in [7, 11) is 0. The van der Waals surface area contributed by atoms with Crippen LogP contribution in [-0.4, -0.2) is 46.3 Å². The highest BCUT2D eigenvalue weighted by molar-refractivity contribution is 6.07. The van der Waals surface area contributed by atoms with E-state index < -0.39 is 11.6 Å². The summed E-state index contributed by atoms with van der Waals surface area (Å²) in [6.45, 7) is 3.89. The van der Waals surface area contributed by atoms with Crippen molar-refractivity contribution in [3.63, 3.8) is 0 Å². The van der Waals surface area contributed by atoms with Crippen molar-refractivity contribution >= 4 is 28.6 Å². The summed E-state index contributed by atoms with van der Waals surface area (Å²) in [5.41, 5.74) is 0.127. The van der Waals surface area contributed by atoms with E-state index in [0.29, 0.717) is 6.54 Å². The third kappa shape index (κ3) is 2.85. The third-order valence-corrected chi connectivity index (χ3v) is 5.74. The Hall–Kier alpha value is -2.89. The number of hydrogen-bond donors (Lipinski definition) is 1. The molecule has 27 heavy (non-hydrogen) atoms. The second kappa shape index (κ2) is 6.37. The van der Waals surface area contributed by atoms with Crippen LogP contribution in [-0.2, 0) is 9.59 Å². The van der Waals surface area contributed by atoms with Crippen LogP contribution in [0.4, 0.5) is 4.79 Å². The van der Waals surface area contributed by atoms with E-state index in [1.807, 2.05) is 23.1 Å². The van der Waals surface area contributed by atoms with Crippen molar-refractivity contribution < 1.29 is 14.4 Å². The van der Waals surface area contributed by atoms with Gasteiger partial charge in [-0.1, -0.05) is 42.5 Å². The molecule has 2 fully saturated rings. The van der Waals surface area contributed by atoms with Crippen LogP contribution in [0, 0.1) is 0 Å². The van der Waals surface area contributed by atoms with E-state index in [0.717, 1.165) is 29.2 Å². The largest absolute Gasteiger partial charge is 0.334 e. The van der Waals surface area contributed by atoms with Crippen molar-refractivity contribution in [3.05, 3.63) is 48.0 Å². The molecule has 6 nitrogen and oxygen atoms in total. The van der Waals surface area contributed by atoms with Gasteiger partial charge in [0.25, 0.3) is 5.91 Å². The van der Waals surface area contributed by atoms with E-state index in [-0.39, 0.29) is 24.4 Å². The van der Waals surface area contributed by atoms with Gasteiger partial charge in [-0.3, -0.25) is 14.9 Å².